The Morgan fingerprint density at radius 3 is 2.77 bits per heavy atom. The Bertz CT molecular complexity index is 297. The van der Waals surface area contributed by atoms with Crippen LogP contribution >= 0.6 is 0 Å². The summed E-state index contributed by atoms with van der Waals surface area (Å²) in [6, 6.07) is 5.92. The smallest absolute Gasteiger partial charge is 0.0626 e. The van der Waals surface area contributed by atoms with E-state index in [1.165, 1.54) is 5.56 Å². The third-order valence-electron chi connectivity index (χ3n) is 1.76. The Hall–Kier alpha value is -1.32. The molecule has 0 aromatic heterocycles. The summed E-state index contributed by atoms with van der Waals surface area (Å²) in [4.78, 5) is 4.82. The van der Waals surface area contributed by atoms with E-state index in [2.05, 4.69) is 17.5 Å². The zero-order valence-electron chi connectivity index (χ0n) is 7.92. The van der Waals surface area contributed by atoms with Gasteiger partial charge in [-0.15, -0.1) is 0 Å². The lowest BCUT2D eigenvalue weighted by molar-refractivity contribution is 0.109. The first-order valence-electron chi connectivity index (χ1n) is 4.09. The second kappa shape index (κ2) is 4.64. The molecule has 1 aromatic carbocycles. The molecule has 0 fully saturated rings. The largest absolute Gasteiger partial charge is 0.248 e. The lowest BCUT2D eigenvalue weighted by Crippen LogP contribution is -2.13. The Kier molecular flexibility index (Phi) is 3.49. The van der Waals surface area contributed by atoms with E-state index >= 15 is 0 Å². The Labute approximate surface area is 78.3 Å². The van der Waals surface area contributed by atoms with Crippen molar-refractivity contribution in [3.63, 3.8) is 0 Å². The van der Waals surface area contributed by atoms with Crippen molar-refractivity contribution >= 4 is 11.8 Å². The number of hydrogen-bond acceptors (Lipinski definition) is 3. The minimum Gasteiger partial charge on any atom is -0.248 e. The SMILES string of the molecule is C=Cc1ccc(NONC)cc1C. The molecule has 1 rings (SSSR count). The Morgan fingerprint density at radius 1 is 1.46 bits per heavy atom. The average molecular weight is 178 g/mol. The van der Waals surface area contributed by atoms with Crippen LogP contribution in [-0.4, -0.2) is 7.05 Å². The molecule has 70 valence electrons. The van der Waals surface area contributed by atoms with Gasteiger partial charge in [-0.2, -0.15) is 10.4 Å². The van der Waals surface area contributed by atoms with E-state index in [1.54, 1.807) is 7.05 Å². The molecular weight excluding hydrogens is 164 g/mol. The fraction of sp³-hybridized carbons (Fsp3) is 0.200. The summed E-state index contributed by atoms with van der Waals surface area (Å²) in [6.07, 6.45) is 1.83. The normalized spacial score (nSPS) is 9.69. The second-order valence-electron chi connectivity index (χ2n) is 2.68. The number of nitrogens with one attached hydrogen (secondary N) is 2. The van der Waals surface area contributed by atoms with Gasteiger partial charge in [-0.1, -0.05) is 18.7 Å². The highest BCUT2D eigenvalue weighted by atomic mass is 16.8. The maximum Gasteiger partial charge on any atom is 0.0626 e. The van der Waals surface area contributed by atoms with Crippen molar-refractivity contribution in [3.05, 3.63) is 35.9 Å². The van der Waals surface area contributed by atoms with Crippen molar-refractivity contribution in [2.24, 2.45) is 0 Å². The van der Waals surface area contributed by atoms with Gasteiger partial charge in [-0.3, -0.25) is 0 Å². The summed E-state index contributed by atoms with van der Waals surface area (Å²) >= 11 is 0. The quantitative estimate of drug-likeness (QED) is 0.693. The van der Waals surface area contributed by atoms with Crippen LogP contribution in [0.5, 0.6) is 0 Å². The molecule has 3 heteroatoms. The van der Waals surface area contributed by atoms with Crippen molar-refractivity contribution in [1.82, 2.24) is 5.48 Å². The van der Waals surface area contributed by atoms with Gasteiger partial charge in [0.25, 0.3) is 0 Å². The summed E-state index contributed by atoms with van der Waals surface area (Å²) in [5.41, 5.74) is 8.49. The highest BCUT2D eigenvalue weighted by Gasteiger charge is 1.95. The monoisotopic (exact) mass is 178 g/mol. The molecule has 13 heavy (non-hydrogen) atoms. The molecule has 0 aliphatic carbocycles. The molecule has 0 bridgehead atoms. The van der Waals surface area contributed by atoms with Crippen LogP contribution in [0.2, 0.25) is 0 Å². The maximum absolute atomic E-state index is 4.82. The minimum absolute atomic E-state index is 0.914. The summed E-state index contributed by atoms with van der Waals surface area (Å²) in [7, 11) is 1.69. The second-order valence-corrected chi connectivity index (χ2v) is 2.68. The van der Waals surface area contributed by atoms with Crippen LogP contribution in [0.15, 0.2) is 24.8 Å². The first-order chi connectivity index (χ1) is 6.27. The van der Waals surface area contributed by atoms with E-state index < -0.39 is 0 Å². The Balaban J connectivity index is 2.77. The molecule has 1 aromatic rings. The van der Waals surface area contributed by atoms with Crippen molar-refractivity contribution in [2.45, 2.75) is 6.92 Å². The van der Waals surface area contributed by atoms with Crippen LogP contribution in [0.1, 0.15) is 11.1 Å². The van der Waals surface area contributed by atoms with Crippen LogP contribution in [0.3, 0.4) is 0 Å². The molecule has 3 nitrogen and oxygen atoms in total. The molecule has 0 saturated carbocycles. The van der Waals surface area contributed by atoms with E-state index in [0.29, 0.717) is 0 Å². The number of hydrogen-bond donors (Lipinski definition) is 2. The van der Waals surface area contributed by atoms with Gasteiger partial charge in [0, 0.05) is 7.05 Å². The van der Waals surface area contributed by atoms with Gasteiger partial charge < -0.3 is 0 Å². The topological polar surface area (TPSA) is 33.3 Å². The third kappa shape index (κ3) is 2.57. The summed E-state index contributed by atoms with van der Waals surface area (Å²) in [6.45, 7) is 5.75. The van der Waals surface area contributed by atoms with E-state index in [1.807, 2.05) is 31.2 Å². The van der Waals surface area contributed by atoms with E-state index in [4.69, 9.17) is 4.94 Å². The minimum atomic E-state index is 0.914. The number of anilines is 1. The zero-order chi connectivity index (χ0) is 9.68. The molecule has 0 aliphatic rings. The van der Waals surface area contributed by atoms with E-state index in [-0.39, 0.29) is 0 Å². The molecule has 0 atom stereocenters. The van der Waals surface area contributed by atoms with Gasteiger partial charge >= 0.3 is 0 Å². The molecule has 0 heterocycles. The van der Waals surface area contributed by atoms with Crippen molar-refractivity contribution in [2.75, 3.05) is 12.5 Å². The number of aryl methyl sites for hydroxylation is 1. The Morgan fingerprint density at radius 2 is 2.23 bits per heavy atom. The van der Waals surface area contributed by atoms with Gasteiger partial charge in [-0.25, -0.2) is 5.48 Å². The van der Waals surface area contributed by atoms with Crippen LogP contribution in [0, 0.1) is 6.92 Å². The van der Waals surface area contributed by atoms with Crippen LogP contribution in [0.4, 0.5) is 5.69 Å². The van der Waals surface area contributed by atoms with E-state index in [9.17, 15) is 0 Å². The molecule has 0 aliphatic heterocycles. The van der Waals surface area contributed by atoms with Gasteiger partial charge in [-0.05, 0) is 30.2 Å². The predicted octanol–water partition coefficient (Wildman–Crippen LogP) is 2.12. The molecule has 0 radical (unpaired) electrons. The molecular formula is C10H14N2O. The van der Waals surface area contributed by atoms with Crippen molar-refractivity contribution in [1.29, 1.82) is 0 Å². The highest BCUT2D eigenvalue weighted by molar-refractivity contribution is 5.57. The fourth-order valence-corrected chi connectivity index (χ4v) is 1.08. The van der Waals surface area contributed by atoms with Crippen LogP contribution in [-0.2, 0) is 4.94 Å². The molecule has 0 unspecified atom stereocenters. The van der Waals surface area contributed by atoms with Gasteiger partial charge in [0.15, 0.2) is 0 Å². The summed E-state index contributed by atoms with van der Waals surface area (Å²) in [5.74, 6) is 0. The van der Waals surface area contributed by atoms with Gasteiger partial charge in [0.2, 0.25) is 0 Å². The summed E-state index contributed by atoms with van der Waals surface area (Å²) < 4.78 is 0. The first kappa shape index (κ1) is 9.77. The van der Waals surface area contributed by atoms with Crippen molar-refractivity contribution < 1.29 is 4.94 Å². The van der Waals surface area contributed by atoms with E-state index in [0.717, 1.165) is 11.3 Å². The average Bonchev–Trinajstić information content (AvgIpc) is 2.15. The third-order valence-corrected chi connectivity index (χ3v) is 1.76. The first-order valence-corrected chi connectivity index (χ1v) is 4.09. The molecule has 0 spiro atoms. The standard InChI is InChI=1S/C10H14N2O/c1-4-9-5-6-10(7-8(9)2)12-13-11-3/h4-7,11-12H,1H2,2-3H3. The van der Waals surface area contributed by atoms with Gasteiger partial charge in [0.05, 0.1) is 5.69 Å². The van der Waals surface area contributed by atoms with Crippen LogP contribution < -0.4 is 11.0 Å². The predicted molar refractivity (Wildman–Crippen MR) is 55.0 cm³/mol. The molecule has 2 N–H and O–H groups in total. The highest BCUT2D eigenvalue weighted by Crippen LogP contribution is 2.15. The maximum atomic E-state index is 4.82. The lowest BCUT2D eigenvalue weighted by atomic mass is 10.1. The number of rotatable bonds is 4. The van der Waals surface area contributed by atoms with Crippen LogP contribution in [0.25, 0.3) is 6.08 Å². The zero-order valence-corrected chi connectivity index (χ0v) is 7.92. The number of hydroxylamine groups is 1. The molecule has 0 amide bonds. The molecule has 0 saturated heterocycles. The number of benzene rings is 1. The lowest BCUT2D eigenvalue weighted by Gasteiger charge is -2.06. The van der Waals surface area contributed by atoms with Gasteiger partial charge in [0.1, 0.15) is 0 Å². The fourth-order valence-electron chi connectivity index (χ4n) is 1.08. The van der Waals surface area contributed by atoms with Crippen molar-refractivity contribution in [3.8, 4) is 0 Å². The summed E-state index contributed by atoms with van der Waals surface area (Å²) in [5, 5.41) is 0.